The fourth-order valence-corrected chi connectivity index (χ4v) is 3.00. The molecule has 0 unspecified atom stereocenters. The molecule has 0 spiro atoms. The van der Waals surface area contributed by atoms with Gasteiger partial charge in [0.1, 0.15) is 0 Å². The van der Waals surface area contributed by atoms with Crippen LogP contribution in [0.3, 0.4) is 0 Å². The quantitative estimate of drug-likeness (QED) is 0.327. The number of ketones is 1. The van der Waals surface area contributed by atoms with Crippen molar-refractivity contribution in [3.63, 3.8) is 0 Å². The van der Waals surface area contributed by atoms with Gasteiger partial charge in [-0.2, -0.15) is 0 Å². The van der Waals surface area contributed by atoms with E-state index >= 15 is 0 Å². The minimum Gasteiger partial charge on any atom is -0.301 e. The van der Waals surface area contributed by atoms with Gasteiger partial charge in [-0.3, -0.25) is 19.7 Å². The molecule has 25 heavy (non-hydrogen) atoms. The molecule has 0 saturated heterocycles. The molecule has 2 aromatic carbocycles. The Morgan fingerprint density at radius 3 is 2.52 bits per heavy atom. The summed E-state index contributed by atoms with van der Waals surface area (Å²) in [5.41, 5.74) is 0.0948. The lowest BCUT2D eigenvalue weighted by Crippen LogP contribution is -2.06. The molecule has 0 atom stereocenters. The molecule has 0 amide bonds. The Morgan fingerprint density at radius 2 is 1.84 bits per heavy atom. The third-order valence-corrected chi connectivity index (χ3v) is 4.27. The summed E-state index contributed by atoms with van der Waals surface area (Å²) in [6, 6.07) is 14.0. The summed E-state index contributed by atoms with van der Waals surface area (Å²) in [7, 11) is 0. The maximum absolute atomic E-state index is 12.4. The van der Waals surface area contributed by atoms with Crippen molar-refractivity contribution in [2.75, 3.05) is 0 Å². The second-order valence-corrected chi connectivity index (χ2v) is 6.01. The Morgan fingerprint density at radius 1 is 1.08 bits per heavy atom. The molecular weight excluding hydrogens is 342 g/mol. The molecule has 8 heteroatoms. The van der Waals surface area contributed by atoms with Gasteiger partial charge >= 0.3 is 0 Å². The first-order valence-corrected chi connectivity index (χ1v) is 7.97. The summed E-state index contributed by atoms with van der Waals surface area (Å²) in [5, 5.41) is 11.6. The van der Waals surface area contributed by atoms with Gasteiger partial charge in [0.25, 0.3) is 11.2 Å². The Labute approximate surface area is 145 Å². The van der Waals surface area contributed by atoms with Crippen LogP contribution in [0.15, 0.2) is 75.6 Å². The van der Waals surface area contributed by atoms with Gasteiger partial charge < -0.3 is 4.98 Å². The average Bonchev–Trinajstić information content (AvgIpc) is 2.62. The lowest BCUT2D eigenvalue weighted by molar-refractivity contribution is -0.387. The Hall–Kier alpha value is -3.26. The summed E-state index contributed by atoms with van der Waals surface area (Å²) < 4.78 is 0. The Bertz CT molecular complexity index is 1000. The number of nitrogens with one attached hydrogen (secondary N) is 1. The lowest BCUT2D eigenvalue weighted by atomic mass is 10.0. The first-order valence-electron chi connectivity index (χ1n) is 7.16. The topological polar surface area (TPSA) is 106 Å². The van der Waals surface area contributed by atoms with E-state index in [0.717, 1.165) is 11.8 Å². The summed E-state index contributed by atoms with van der Waals surface area (Å²) >= 11 is 0.953. The number of hydrogen-bond donors (Lipinski definition) is 1. The number of nitro benzene ring substituents is 1. The number of aromatic amines is 1. The lowest BCUT2D eigenvalue weighted by Gasteiger charge is -2.05. The number of rotatable bonds is 5. The van der Waals surface area contributed by atoms with E-state index in [-0.39, 0.29) is 32.6 Å². The molecule has 1 aromatic heterocycles. The van der Waals surface area contributed by atoms with Gasteiger partial charge in [0.15, 0.2) is 10.9 Å². The van der Waals surface area contributed by atoms with Crippen molar-refractivity contribution in [1.29, 1.82) is 0 Å². The number of nitro groups is 1. The number of benzene rings is 2. The van der Waals surface area contributed by atoms with E-state index in [0.29, 0.717) is 5.56 Å². The van der Waals surface area contributed by atoms with E-state index < -0.39 is 4.92 Å². The maximum atomic E-state index is 12.4. The average molecular weight is 353 g/mol. The molecule has 0 radical (unpaired) electrons. The molecule has 7 nitrogen and oxygen atoms in total. The third kappa shape index (κ3) is 3.81. The second-order valence-electron chi connectivity index (χ2n) is 4.98. The van der Waals surface area contributed by atoms with Gasteiger partial charge in [-0.25, -0.2) is 4.98 Å². The van der Waals surface area contributed by atoms with Crippen molar-refractivity contribution < 1.29 is 9.72 Å². The summed E-state index contributed by atoms with van der Waals surface area (Å²) in [6.45, 7) is 0. The van der Waals surface area contributed by atoms with Crippen LogP contribution in [-0.2, 0) is 0 Å². The highest BCUT2D eigenvalue weighted by Gasteiger charge is 2.19. The van der Waals surface area contributed by atoms with Crippen molar-refractivity contribution in [1.82, 2.24) is 9.97 Å². The van der Waals surface area contributed by atoms with Gasteiger partial charge in [0.05, 0.1) is 9.82 Å². The molecule has 0 bridgehead atoms. The highest BCUT2D eigenvalue weighted by atomic mass is 32.2. The number of carbonyl (C=O) groups excluding carboxylic acids is 1. The zero-order chi connectivity index (χ0) is 17.8. The minimum atomic E-state index is -0.564. The van der Waals surface area contributed by atoms with E-state index in [2.05, 4.69) is 9.97 Å². The van der Waals surface area contributed by atoms with Gasteiger partial charge in [-0.1, -0.05) is 30.3 Å². The van der Waals surface area contributed by atoms with Crippen molar-refractivity contribution in [3.8, 4) is 0 Å². The largest absolute Gasteiger partial charge is 0.301 e. The first kappa shape index (κ1) is 16.6. The highest BCUT2D eigenvalue weighted by Crippen LogP contribution is 2.33. The molecule has 3 rings (SSSR count). The molecule has 0 fully saturated rings. The van der Waals surface area contributed by atoms with Gasteiger partial charge in [-0.05, 0) is 23.9 Å². The van der Waals surface area contributed by atoms with E-state index in [9.17, 15) is 19.7 Å². The number of nitrogens with zero attached hydrogens (tertiary/aromatic N) is 2. The van der Waals surface area contributed by atoms with Crippen LogP contribution in [0.1, 0.15) is 15.9 Å². The van der Waals surface area contributed by atoms with Crippen molar-refractivity contribution >= 4 is 23.2 Å². The summed E-state index contributed by atoms with van der Waals surface area (Å²) in [5.74, 6) is -0.300. The molecule has 1 heterocycles. The molecular formula is C17H11N3O4S. The van der Waals surface area contributed by atoms with Crippen LogP contribution >= 0.6 is 11.8 Å². The number of carbonyl (C=O) groups is 1. The number of aromatic nitrogens is 2. The molecule has 1 N–H and O–H groups in total. The smallest absolute Gasteiger partial charge is 0.284 e. The van der Waals surface area contributed by atoms with Crippen LogP contribution in [0.2, 0.25) is 0 Å². The standard InChI is InChI=1S/C17H11N3O4S/c21-15-8-9-18-17(19-15)25-14-7-6-12(10-13(14)20(23)24)16(22)11-4-2-1-3-5-11/h1-10H,(H,18,19,21). The first-order chi connectivity index (χ1) is 12.0. The van der Waals surface area contributed by atoms with Crippen molar-refractivity contribution in [3.05, 3.63) is 92.4 Å². The zero-order valence-corrected chi connectivity index (χ0v) is 13.5. The number of hydrogen-bond acceptors (Lipinski definition) is 6. The molecule has 0 aliphatic rings. The second kappa shape index (κ2) is 7.10. The predicted octanol–water partition coefficient (Wildman–Crippen LogP) is 3.06. The Balaban J connectivity index is 1.97. The van der Waals surface area contributed by atoms with Crippen LogP contribution in [-0.4, -0.2) is 20.7 Å². The van der Waals surface area contributed by atoms with Crippen LogP contribution in [0.4, 0.5) is 5.69 Å². The Kier molecular flexibility index (Phi) is 4.71. The van der Waals surface area contributed by atoms with Gasteiger partial charge in [0, 0.05) is 29.5 Å². The molecule has 124 valence electrons. The van der Waals surface area contributed by atoms with E-state index in [1.54, 1.807) is 30.3 Å². The van der Waals surface area contributed by atoms with Crippen LogP contribution < -0.4 is 5.56 Å². The highest BCUT2D eigenvalue weighted by molar-refractivity contribution is 7.99. The molecule has 0 saturated carbocycles. The van der Waals surface area contributed by atoms with Gasteiger partial charge in [0.2, 0.25) is 0 Å². The van der Waals surface area contributed by atoms with E-state index in [1.165, 1.54) is 30.5 Å². The van der Waals surface area contributed by atoms with Crippen LogP contribution in [0, 0.1) is 10.1 Å². The molecule has 0 aliphatic carbocycles. The fourth-order valence-electron chi connectivity index (χ4n) is 2.15. The number of H-pyrrole nitrogens is 1. The fraction of sp³-hybridized carbons (Fsp3) is 0. The summed E-state index contributed by atoms with van der Waals surface area (Å²) in [6.07, 6.45) is 1.32. The minimum absolute atomic E-state index is 0.219. The summed E-state index contributed by atoms with van der Waals surface area (Å²) in [4.78, 5) is 41.3. The normalized spacial score (nSPS) is 10.4. The van der Waals surface area contributed by atoms with Crippen LogP contribution in [0.5, 0.6) is 0 Å². The van der Waals surface area contributed by atoms with Crippen molar-refractivity contribution in [2.24, 2.45) is 0 Å². The maximum Gasteiger partial charge on any atom is 0.284 e. The molecule has 3 aromatic rings. The molecule has 0 aliphatic heterocycles. The van der Waals surface area contributed by atoms with E-state index in [1.807, 2.05) is 0 Å². The monoisotopic (exact) mass is 353 g/mol. The zero-order valence-electron chi connectivity index (χ0n) is 12.7. The van der Waals surface area contributed by atoms with Crippen molar-refractivity contribution in [2.45, 2.75) is 10.1 Å². The predicted molar refractivity (Wildman–Crippen MR) is 92.0 cm³/mol. The van der Waals surface area contributed by atoms with Crippen LogP contribution in [0.25, 0.3) is 0 Å². The third-order valence-electron chi connectivity index (χ3n) is 3.31. The SMILES string of the molecule is O=C(c1ccccc1)c1ccc(Sc2nccc(=O)[nH]2)c([N+](=O)[O-])c1. The van der Waals surface area contributed by atoms with E-state index in [4.69, 9.17) is 0 Å². The van der Waals surface area contributed by atoms with Gasteiger partial charge in [-0.15, -0.1) is 0 Å².